The number of ether oxygens (including phenoxy) is 3. The van der Waals surface area contributed by atoms with E-state index >= 15 is 0 Å². The number of nitrogens with zero attached hydrogens (tertiary/aromatic N) is 9. The van der Waals surface area contributed by atoms with E-state index in [0.717, 1.165) is 99.9 Å². The van der Waals surface area contributed by atoms with Gasteiger partial charge >= 0.3 is 0 Å². The number of halogens is 3. The number of carbonyl (C=O) groups excluding carboxylic acids is 1. The molecular formula is C51H40Br3N9O5. The van der Waals surface area contributed by atoms with Crippen LogP contribution in [0.4, 0.5) is 0 Å². The lowest BCUT2D eigenvalue weighted by Gasteiger charge is -2.37. The molecule has 4 atom stereocenters. The molecule has 3 aliphatic carbocycles. The normalized spacial score (nSPS) is 23.8. The average Bonchev–Trinajstić information content (AvgIpc) is 4.20. The zero-order valence-electron chi connectivity index (χ0n) is 36.3. The number of pyridine rings is 3. The predicted octanol–water partition coefficient (Wildman–Crippen LogP) is 9.37. The van der Waals surface area contributed by atoms with Crippen molar-refractivity contribution < 1.29 is 24.1 Å². The van der Waals surface area contributed by atoms with Crippen molar-refractivity contribution in [3.8, 4) is 0 Å². The summed E-state index contributed by atoms with van der Waals surface area (Å²) in [4.78, 5) is 40.6. The van der Waals surface area contributed by atoms with Gasteiger partial charge in [0.25, 0.3) is 0 Å². The molecule has 4 unspecified atom stereocenters. The molecule has 15 rings (SSSR count). The highest BCUT2D eigenvalue weighted by Gasteiger charge is 2.51. The van der Waals surface area contributed by atoms with E-state index in [4.69, 9.17) is 24.2 Å². The number of Topliss-reactive ketones (excluding diaryl/α,β-unsaturated/α-hetero) is 1. The minimum Gasteiger partial charge on any atom is -0.388 e. The minimum atomic E-state index is -0.538. The number of aryl methyl sites for hydroxylation is 1. The fraction of sp³-hybridized carbons (Fsp3) is 0.275. The van der Waals surface area contributed by atoms with Gasteiger partial charge in [0.05, 0.1) is 37.0 Å². The standard InChI is InChI=1S/C17H14BrN3O2.C17H12BrN3O2.C17H14BrN3O/c2*18-14-6-5-12-16(20-14)21-15(19-12)8-23-9-17(21)7-13(22)10-3-1-2-4-11(10)17;18-14-6-5-13-16(20-14)21-15(19-13)9-22-10-17(21)8-7-11-3-1-2-4-12(11)17/h1-6,13,22H,7-9H2;1-6H,7-9H2;1-6H,7-10H2. The average molecular weight is 1100 g/mol. The van der Waals surface area contributed by atoms with Crippen molar-refractivity contribution in [2.75, 3.05) is 19.8 Å². The maximum absolute atomic E-state index is 12.6. The van der Waals surface area contributed by atoms with Crippen LogP contribution >= 0.6 is 47.8 Å². The first-order valence-electron chi connectivity index (χ1n) is 22.5. The van der Waals surface area contributed by atoms with Gasteiger partial charge in [0, 0.05) is 18.4 Å². The van der Waals surface area contributed by atoms with E-state index in [1.54, 1.807) is 0 Å². The van der Waals surface area contributed by atoms with E-state index in [1.165, 1.54) is 11.1 Å². The molecule has 68 heavy (non-hydrogen) atoms. The first-order valence-corrected chi connectivity index (χ1v) is 24.9. The summed E-state index contributed by atoms with van der Waals surface area (Å²) in [5.74, 6) is 2.81. The Bertz CT molecular complexity index is 3560. The third kappa shape index (κ3) is 6.35. The van der Waals surface area contributed by atoms with Crippen LogP contribution < -0.4 is 0 Å². The van der Waals surface area contributed by atoms with Gasteiger partial charge < -0.3 is 19.3 Å². The predicted molar refractivity (Wildman–Crippen MR) is 262 cm³/mol. The number of fused-ring (bicyclic) bond motifs is 18. The second-order valence-corrected chi connectivity index (χ2v) is 20.6. The minimum absolute atomic E-state index is 0.147. The third-order valence-electron chi connectivity index (χ3n) is 14.5. The Morgan fingerprint density at radius 3 is 1.60 bits per heavy atom. The van der Waals surface area contributed by atoms with Crippen molar-refractivity contribution in [2.45, 2.75) is 68.2 Å². The largest absolute Gasteiger partial charge is 0.388 e. The van der Waals surface area contributed by atoms with Crippen LogP contribution in [0.1, 0.15) is 81.0 Å². The zero-order valence-corrected chi connectivity index (χ0v) is 41.0. The van der Waals surface area contributed by atoms with Gasteiger partial charge in [-0.05, 0) is 125 Å². The molecule has 9 aromatic rings. The lowest BCUT2D eigenvalue weighted by molar-refractivity contribution is 0.00833. The zero-order chi connectivity index (χ0) is 45.9. The quantitative estimate of drug-likeness (QED) is 0.144. The molecule has 3 aromatic carbocycles. The Morgan fingerprint density at radius 1 is 0.529 bits per heavy atom. The van der Waals surface area contributed by atoms with Crippen molar-refractivity contribution in [1.82, 2.24) is 43.6 Å². The summed E-state index contributed by atoms with van der Waals surface area (Å²) < 4.78 is 26.6. The number of hydrogen-bond acceptors (Lipinski definition) is 11. The fourth-order valence-corrected chi connectivity index (χ4v) is 12.7. The topological polar surface area (TPSA) is 157 Å². The van der Waals surface area contributed by atoms with Gasteiger partial charge in [-0.2, -0.15) is 0 Å². The van der Waals surface area contributed by atoms with E-state index in [2.05, 4.69) is 112 Å². The molecular weight excluding hydrogens is 1060 g/mol. The first-order chi connectivity index (χ1) is 33.2. The molecule has 0 bridgehead atoms. The van der Waals surface area contributed by atoms with Crippen LogP contribution in [0.5, 0.6) is 0 Å². The Hall–Kier alpha value is -5.53. The SMILES string of the molecule is Brc1ccc2nc3n(c2n1)C1(CCc2ccccc21)COC3.O=C1CC2(COCc3nc4ccc(Br)nc4n32)c2ccccc21.OC1CC2(COCc3nc4ccc(Br)nc4n32)c2ccccc21. The molecule has 0 fully saturated rings. The number of aliphatic hydroxyl groups excluding tert-OH is 1. The highest BCUT2D eigenvalue weighted by atomic mass is 79.9. The molecule has 17 heteroatoms. The van der Waals surface area contributed by atoms with Crippen molar-refractivity contribution in [3.05, 3.63) is 174 Å². The van der Waals surface area contributed by atoms with Crippen LogP contribution in [0.2, 0.25) is 0 Å². The Balaban J connectivity index is 0.000000101. The summed E-state index contributed by atoms with van der Waals surface area (Å²) in [7, 11) is 0. The molecule has 0 amide bonds. The van der Waals surface area contributed by atoms with Gasteiger partial charge in [0.1, 0.15) is 73.2 Å². The van der Waals surface area contributed by atoms with Crippen LogP contribution in [0, 0.1) is 0 Å². The van der Waals surface area contributed by atoms with Gasteiger partial charge in [0.2, 0.25) is 0 Å². The third-order valence-corrected chi connectivity index (χ3v) is 15.8. The second-order valence-electron chi connectivity index (χ2n) is 18.2. The lowest BCUT2D eigenvalue weighted by atomic mass is 9.91. The molecule has 6 aliphatic rings. The van der Waals surface area contributed by atoms with Crippen LogP contribution in [-0.2, 0) is 57.1 Å². The molecule has 340 valence electrons. The van der Waals surface area contributed by atoms with Crippen molar-refractivity contribution in [3.63, 3.8) is 0 Å². The number of benzene rings is 3. The maximum atomic E-state index is 12.6. The van der Waals surface area contributed by atoms with Gasteiger partial charge in [0.15, 0.2) is 22.7 Å². The van der Waals surface area contributed by atoms with E-state index < -0.39 is 17.2 Å². The van der Waals surface area contributed by atoms with Crippen LogP contribution in [0.25, 0.3) is 33.5 Å². The van der Waals surface area contributed by atoms with Gasteiger partial charge in [-0.15, -0.1) is 0 Å². The molecule has 0 radical (unpaired) electrons. The summed E-state index contributed by atoms with van der Waals surface area (Å²) >= 11 is 10.4. The summed E-state index contributed by atoms with van der Waals surface area (Å²) in [6.07, 6.45) is 2.59. The Kier molecular flexibility index (Phi) is 10.0. The first kappa shape index (κ1) is 42.6. The molecule has 1 N–H and O–H groups in total. The van der Waals surface area contributed by atoms with Crippen LogP contribution in [-0.4, -0.2) is 74.3 Å². The summed E-state index contributed by atoms with van der Waals surface area (Å²) in [5, 5.41) is 10.6. The lowest BCUT2D eigenvalue weighted by Crippen LogP contribution is -2.42. The van der Waals surface area contributed by atoms with Crippen molar-refractivity contribution >= 4 is 87.1 Å². The van der Waals surface area contributed by atoms with E-state index in [1.807, 2.05) is 78.9 Å². The highest BCUT2D eigenvalue weighted by Crippen LogP contribution is 2.50. The number of hydrogen-bond donors (Lipinski definition) is 1. The second kappa shape index (κ2) is 16.0. The molecule has 9 heterocycles. The van der Waals surface area contributed by atoms with E-state index in [-0.39, 0.29) is 11.3 Å². The monoisotopic (exact) mass is 1100 g/mol. The maximum Gasteiger partial charge on any atom is 0.166 e. The number of aromatic nitrogens is 9. The van der Waals surface area contributed by atoms with Gasteiger partial charge in [-0.25, -0.2) is 29.9 Å². The molecule has 3 spiro atoms. The van der Waals surface area contributed by atoms with Gasteiger partial charge in [-0.3, -0.25) is 18.5 Å². The number of aliphatic hydroxyl groups is 1. The Labute approximate surface area is 414 Å². The number of rotatable bonds is 0. The molecule has 0 saturated heterocycles. The smallest absolute Gasteiger partial charge is 0.166 e. The number of ketones is 1. The Morgan fingerprint density at radius 2 is 1.00 bits per heavy atom. The molecule has 6 aromatic heterocycles. The van der Waals surface area contributed by atoms with Gasteiger partial charge in [-0.1, -0.05) is 72.8 Å². The van der Waals surface area contributed by atoms with E-state index in [0.29, 0.717) is 52.5 Å². The molecule has 0 saturated carbocycles. The number of carbonyl (C=O) groups is 1. The van der Waals surface area contributed by atoms with Crippen LogP contribution in [0.3, 0.4) is 0 Å². The van der Waals surface area contributed by atoms with E-state index in [9.17, 15) is 9.90 Å². The van der Waals surface area contributed by atoms with Crippen molar-refractivity contribution in [1.29, 1.82) is 0 Å². The van der Waals surface area contributed by atoms with Crippen LogP contribution in [0.15, 0.2) is 123 Å². The summed E-state index contributed by atoms with van der Waals surface area (Å²) in [6, 6.07) is 36.1. The molecule has 3 aliphatic heterocycles. The fourth-order valence-electron chi connectivity index (χ4n) is 11.8. The summed E-state index contributed by atoms with van der Waals surface area (Å²) in [6.45, 7) is 3.13. The van der Waals surface area contributed by atoms with Crippen molar-refractivity contribution in [2.24, 2.45) is 0 Å². The highest BCUT2D eigenvalue weighted by molar-refractivity contribution is 9.11. The number of imidazole rings is 3. The molecule has 14 nitrogen and oxygen atoms in total. The summed E-state index contributed by atoms with van der Waals surface area (Å²) in [5.41, 5.74) is 10.7.